The highest BCUT2D eigenvalue weighted by Crippen LogP contribution is 2.30. The normalized spacial score (nSPS) is 10.2. The summed E-state index contributed by atoms with van der Waals surface area (Å²) >= 11 is 1.18. The summed E-state index contributed by atoms with van der Waals surface area (Å²) < 4.78 is 0. The van der Waals surface area contributed by atoms with Crippen LogP contribution in [0.4, 0.5) is 11.5 Å². The first-order chi connectivity index (χ1) is 7.16. The second kappa shape index (κ2) is 5.47. The molecule has 0 saturated heterocycles. The monoisotopic (exact) mass is 230 g/mol. The SMILES string of the molecule is Nc1ncnc(SCCCO)c1[N+](=O)[O-]. The van der Waals surface area contributed by atoms with E-state index in [-0.39, 0.29) is 23.1 Å². The zero-order chi connectivity index (χ0) is 11.3. The molecule has 8 heteroatoms. The quantitative estimate of drug-likeness (QED) is 0.248. The van der Waals surface area contributed by atoms with Gasteiger partial charge in [0.1, 0.15) is 6.33 Å². The minimum Gasteiger partial charge on any atom is -0.396 e. The van der Waals surface area contributed by atoms with E-state index in [1.54, 1.807) is 0 Å². The van der Waals surface area contributed by atoms with Gasteiger partial charge in [0, 0.05) is 12.4 Å². The molecule has 7 nitrogen and oxygen atoms in total. The highest BCUT2D eigenvalue weighted by atomic mass is 32.2. The molecule has 0 aliphatic carbocycles. The van der Waals surface area contributed by atoms with Gasteiger partial charge >= 0.3 is 5.69 Å². The fourth-order valence-electron chi connectivity index (χ4n) is 0.886. The molecule has 0 amide bonds. The van der Waals surface area contributed by atoms with Crippen LogP contribution in [0.5, 0.6) is 0 Å². The van der Waals surface area contributed by atoms with Gasteiger partial charge in [0.25, 0.3) is 0 Å². The first kappa shape index (κ1) is 11.7. The van der Waals surface area contributed by atoms with Gasteiger partial charge in [-0.05, 0) is 6.42 Å². The number of hydrogen-bond donors (Lipinski definition) is 2. The number of aliphatic hydroxyl groups excluding tert-OH is 1. The van der Waals surface area contributed by atoms with Crippen molar-refractivity contribution >= 4 is 23.3 Å². The van der Waals surface area contributed by atoms with Gasteiger partial charge in [-0.15, -0.1) is 0 Å². The largest absolute Gasteiger partial charge is 0.396 e. The lowest BCUT2D eigenvalue weighted by Crippen LogP contribution is -2.02. The van der Waals surface area contributed by atoms with E-state index in [0.717, 1.165) is 0 Å². The maximum Gasteiger partial charge on any atom is 0.343 e. The van der Waals surface area contributed by atoms with Crippen LogP contribution in [0.2, 0.25) is 0 Å². The van der Waals surface area contributed by atoms with Gasteiger partial charge in [0.15, 0.2) is 5.03 Å². The number of thioether (sulfide) groups is 1. The fourth-order valence-corrected chi connectivity index (χ4v) is 1.79. The van der Waals surface area contributed by atoms with Crippen LogP contribution >= 0.6 is 11.8 Å². The molecule has 0 aromatic carbocycles. The molecule has 0 saturated carbocycles. The van der Waals surface area contributed by atoms with Crippen LogP contribution in [-0.2, 0) is 0 Å². The van der Waals surface area contributed by atoms with E-state index < -0.39 is 4.92 Å². The number of rotatable bonds is 5. The lowest BCUT2D eigenvalue weighted by Gasteiger charge is -2.01. The molecule has 1 rings (SSSR count). The van der Waals surface area contributed by atoms with E-state index in [0.29, 0.717) is 12.2 Å². The van der Waals surface area contributed by atoms with Gasteiger partial charge in [-0.2, -0.15) is 0 Å². The Hall–Kier alpha value is -1.41. The molecule has 0 atom stereocenters. The van der Waals surface area contributed by atoms with Crippen LogP contribution < -0.4 is 5.73 Å². The van der Waals surface area contributed by atoms with Gasteiger partial charge in [-0.3, -0.25) is 10.1 Å². The van der Waals surface area contributed by atoms with Crippen LogP contribution in [-0.4, -0.2) is 32.4 Å². The summed E-state index contributed by atoms with van der Waals surface area (Å²) in [4.78, 5) is 17.4. The summed E-state index contributed by atoms with van der Waals surface area (Å²) in [5.41, 5.74) is 5.11. The number of nitrogens with zero attached hydrogens (tertiary/aromatic N) is 3. The summed E-state index contributed by atoms with van der Waals surface area (Å²) in [6, 6.07) is 0. The van der Waals surface area contributed by atoms with Gasteiger partial charge in [-0.1, -0.05) is 11.8 Å². The summed E-state index contributed by atoms with van der Waals surface area (Å²) in [5.74, 6) is 0.412. The third-order valence-corrected chi connectivity index (χ3v) is 2.61. The Labute approximate surface area is 89.9 Å². The van der Waals surface area contributed by atoms with Crippen molar-refractivity contribution in [2.45, 2.75) is 11.4 Å². The molecule has 0 spiro atoms. The van der Waals surface area contributed by atoms with Gasteiger partial charge in [0.2, 0.25) is 5.82 Å². The Morgan fingerprint density at radius 1 is 1.60 bits per heavy atom. The number of aliphatic hydroxyl groups is 1. The number of nitrogen functional groups attached to an aromatic ring is 1. The summed E-state index contributed by atoms with van der Waals surface area (Å²) in [5, 5.41) is 19.5. The molecule has 3 N–H and O–H groups in total. The topological polar surface area (TPSA) is 115 Å². The molecule has 82 valence electrons. The third-order valence-electron chi connectivity index (χ3n) is 1.54. The standard InChI is InChI=1S/C7H10N4O3S/c8-6-5(11(13)14)7(10-4-9-6)15-3-1-2-12/h4,12H,1-3H2,(H2,8,9,10). The molecule has 0 aliphatic rings. The highest BCUT2D eigenvalue weighted by molar-refractivity contribution is 7.99. The first-order valence-corrected chi connectivity index (χ1v) is 5.14. The Morgan fingerprint density at radius 2 is 2.33 bits per heavy atom. The van der Waals surface area contributed by atoms with Crippen molar-refractivity contribution in [1.82, 2.24) is 9.97 Å². The third kappa shape index (κ3) is 3.03. The van der Waals surface area contributed by atoms with Crippen molar-refractivity contribution in [3.05, 3.63) is 16.4 Å². The van der Waals surface area contributed by atoms with Crippen LogP contribution in [0.3, 0.4) is 0 Å². The Morgan fingerprint density at radius 3 is 2.93 bits per heavy atom. The molecule has 1 aromatic rings. The van der Waals surface area contributed by atoms with Crippen molar-refractivity contribution in [1.29, 1.82) is 0 Å². The fraction of sp³-hybridized carbons (Fsp3) is 0.429. The number of hydrogen-bond acceptors (Lipinski definition) is 7. The number of nitro groups is 1. The lowest BCUT2D eigenvalue weighted by molar-refractivity contribution is -0.387. The van der Waals surface area contributed by atoms with Gasteiger partial charge < -0.3 is 10.8 Å². The predicted molar refractivity (Wildman–Crippen MR) is 55.5 cm³/mol. The Kier molecular flexibility index (Phi) is 4.25. The van der Waals surface area contributed by atoms with E-state index >= 15 is 0 Å². The van der Waals surface area contributed by atoms with Crippen LogP contribution in [0.25, 0.3) is 0 Å². The zero-order valence-corrected chi connectivity index (χ0v) is 8.61. The maximum atomic E-state index is 10.7. The van der Waals surface area contributed by atoms with Crippen molar-refractivity contribution in [2.75, 3.05) is 18.1 Å². The number of nitrogens with two attached hydrogens (primary N) is 1. The molecule has 0 radical (unpaired) electrons. The predicted octanol–water partition coefficient (Wildman–Crippen LogP) is 0.441. The number of aromatic nitrogens is 2. The zero-order valence-electron chi connectivity index (χ0n) is 7.79. The van der Waals surface area contributed by atoms with Crippen LogP contribution in [0.15, 0.2) is 11.4 Å². The van der Waals surface area contributed by atoms with E-state index in [1.807, 2.05) is 0 Å². The van der Waals surface area contributed by atoms with Crippen molar-refractivity contribution in [3.63, 3.8) is 0 Å². The molecular weight excluding hydrogens is 220 g/mol. The van der Waals surface area contributed by atoms with Gasteiger partial charge in [0.05, 0.1) is 4.92 Å². The van der Waals surface area contributed by atoms with E-state index in [9.17, 15) is 10.1 Å². The van der Waals surface area contributed by atoms with E-state index in [1.165, 1.54) is 18.1 Å². The molecule has 1 heterocycles. The Balaban J connectivity index is 2.86. The van der Waals surface area contributed by atoms with Crippen molar-refractivity contribution in [2.24, 2.45) is 0 Å². The van der Waals surface area contributed by atoms with E-state index in [2.05, 4.69) is 9.97 Å². The average molecular weight is 230 g/mol. The average Bonchev–Trinajstić information content (AvgIpc) is 2.17. The first-order valence-electron chi connectivity index (χ1n) is 4.15. The second-order valence-electron chi connectivity index (χ2n) is 2.60. The van der Waals surface area contributed by atoms with E-state index in [4.69, 9.17) is 10.8 Å². The second-order valence-corrected chi connectivity index (χ2v) is 3.68. The number of anilines is 1. The minimum atomic E-state index is -0.601. The smallest absolute Gasteiger partial charge is 0.343 e. The molecule has 0 unspecified atom stereocenters. The van der Waals surface area contributed by atoms with Crippen molar-refractivity contribution < 1.29 is 10.0 Å². The van der Waals surface area contributed by atoms with Gasteiger partial charge in [-0.25, -0.2) is 9.97 Å². The molecule has 0 bridgehead atoms. The maximum absolute atomic E-state index is 10.7. The van der Waals surface area contributed by atoms with Crippen molar-refractivity contribution in [3.8, 4) is 0 Å². The molecule has 0 fully saturated rings. The summed E-state index contributed by atoms with van der Waals surface area (Å²) in [6.07, 6.45) is 1.73. The summed E-state index contributed by atoms with van der Waals surface area (Å²) in [6.45, 7) is 0.0430. The highest BCUT2D eigenvalue weighted by Gasteiger charge is 2.20. The molecule has 15 heavy (non-hydrogen) atoms. The van der Waals surface area contributed by atoms with Crippen LogP contribution in [0, 0.1) is 10.1 Å². The molecule has 0 aliphatic heterocycles. The molecule has 1 aromatic heterocycles. The summed E-state index contributed by atoms with van der Waals surface area (Å²) in [7, 11) is 0. The Bertz CT molecular complexity index is 360. The minimum absolute atomic E-state index is 0.0430. The lowest BCUT2D eigenvalue weighted by atomic mass is 10.5. The molecular formula is C7H10N4O3S. The van der Waals surface area contributed by atoms with Crippen LogP contribution in [0.1, 0.15) is 6.42 Å².